The van der Waals surface area contributed by atoms with Crippen LogP contribution in [-0.4, -0.2) is 62.8 Å². The van der Waals surface area contributed by atoms with E-state index in [9.17, 15) is 17.6 Å². The van der Waals surface area contributed by atoms with E-state index in [2.05, 4.69) is 0 Å². The molecule has 1 amide bonds. The Kier molecular flexibility index (Phi) is 5.99. The zero-order chi connectivity index (χ0) is 21.3. The molecule has 0 N–H and O–H groups in total. The predicted molar refractivity (Wildman–Crippen MR) is 114 cm³/mol. The van der Waals surface area contributed by atoms with Gasteiger partial charge >= 0.3 is 0 Å². The van der Waals surface area contributed by atoms with E-state index in [-0.39, 0.29) is 41.3 Å². The van der Waals surface area contributed by atoms with Crippen molar-refractivity contribution >= 4 is 33.2 Å². The van der Waals surface area contributed by atoms with Gasteiger partial charge in [-0.2, -0.15) is 4.31 Å². The largest absolute Gasteiger partial charge is 0.360 e. The van der Waals surface area contributed by atoms with E-state index in [1.807, 2.05) is 6.07 Å². The summed E-state index contributed by atoms with van der Waals surface area (Å²) < 4.78 is 41.4. The minimum atomic E-state index is -3.71. The lowest BCUT2D eigenvalue weighted by Crippen LogP contribution is -2.53. The van der Waals surface area contributed by atoms with Gasteiger partial charge in [-0.1, -0.05) is 35.9 Å². The molecule has 0 bridgehead atoms. The van der Waals surface area contributed by atoms with Crippen molar-refractivity contribution < 1.29 is 17.6 Å². The first-order valence-electron chi connectivity index (χ1n) is 9.93. The van der Waals surface area contributed by atoms with Gasteiger partial charge in [-0.25, -0.2) is 12.8 Å². The quantitative estimate of drug-likeness (QED) is 0.717. The summed E-state index contributed by atoms with van der Waals surface area (Å²) in [5, 5.41) is 0.182. The predicted octanol–water partition coefficient (Wildman–Crippen LogP) is 2.76. The Morgan fingerprint density at radius 2 is 1.73 bits per heavy atom. The van der Waals surface area contributed by atoms with Crippen LogP contribution in [0.4, 0.5) is 10.1 Å². The lowest BCUT2D eigenvalue weighted by atomic mass is 10.0. The second-order valence-corrected chi connectivity index (χ2v) is 9.80. The number of carbonyl (C=O) groups is 1. The summed E-state index contributed by atoms with van der Waals surface area (Å²) in [6.45, 7) is 1.70. The molecule has 1 fully saturated rings. The standard InChI is InChI=1S/C21H23ClFN3O3S/c22-17-7-1-2-9-19(17)30(28,29)26-13-11-24(12-14-26)20(27)15-25-10-4-6-16-5-3-8-18(23)21(16)25/h1-3,5,7-9H,4,6,10-15H2. The zero-order valence-corrected chi connectivity index (χ0v) is 18.0. The molecule has 2 aliphatic heterocycles. The number of hydrogen-bond acceptors (Lipinski definition) is 4. The van der Waals surface area contributed by atoms with Crippen LogP contribution in [-0.2, 0) is 21.2 Å². The third-order valence-corrected chi connectivity index (χ3v) is 8.03. The summed E-state index contributed by atoms with van der Waals surface area (Å²) in [4.78, 5) is 16.4. The smallest absolute Gasteiger partial charge is 0.244 e. The molecule has 9 heteroatoms. The molecule has 2 aliphatic rings. The van der Waals surface area contributed by atoms with Gasteiger partial charge < -0.3 is 9.80 Å². The number of hydrogen-bond donors (Lipinski definition) is 0. The monoisotopic (exact) mass is 451 g/mol. The van der Waals surface area contributed by atoms with Crippen molar-refractivity contribution in [2.24, 2.45) is 0 Å². The van der Waals surface area contributed by atoms with Gasteiger partial charge in [0.25, 0.3) is 0 Å². The maximum atomic E-state index is 14.3. The normalized spacial score (nSPS) is 17.7. The molecule has 1 saturated heterocycles. The summed E-state index contributed by atoms with van der Waals surface area (Å²) in [5.41, 5.74) is 1.43. The molecular formula is C21H23ClFN3O3S. The summed E-state index contributed by atoms with van der Waals surface area (Å²) in [5.74, 6) is -0.434. The van der Waals surface area contributed by atoms with E-state index < -0.39 is 10.0 Å². The van der Waals surface area contributed by atoms with Gasteiger partial charge in [-0.15, -0.1) is 0 Å². The van der Waals surface area contributed by atoms with Crippen molar-refractivity contribution in [1.82, 2.24) is 9.21 Å². The van der Waals surface area contributed by atoms with Crippen molar-refractivity contribution in [2.75, 3.05) is 44.2 Å². The highest BCUT2D eigenvalue weighted by Crippen LogP contribution is 2.30. The van der Waals surface area contributed by atoms with E-state index in [0.717, 1.165) is 18.4 Å². The molecule has 30 heavy (non-hydrogen) atoms. The third-order valence-electron chi connectivity index (χ3n) is 5.63. The summed E-state index contributed by atoms with van der Waals surface area (Å²) in [6.07, 6.45) is 1.67. The number of carbonyl (C=O) groups excluding carboxylic acids is 1. The molecule has 2 heterocycles. The van der Waals surface area contributed by atoms with Crippen LogP contribution >= 0.6 is 11.6 Å². The number of nitrogens with zero attached hydrogens (tertiary/aromatic N) is 3. The van der Waals surface area contributed by atoms with Crippen molar-refractivity contribution in [3.05, 3.63) is 58.9 Å². The van der Waals surface area contributed by atoms with Crippen LogP contribution in [0.5, 0.6) is 0 Å². The van der Waals surface area contributed by atoms with Crippen LogP contribution in [0.25, 0.3) is 0 Å². The number of fused-ring (bicyclic) bond motifs is 1. The fourth-order valence-corrected chi connectivity index (χ4v) is 6.00. The fraction of sp³-hybridized carbons (Fsp3) is 0.381. The topological polar surface area (TPSA) is 60.9 Å². The lowest BCUT2D eigenvalue weighted by molar-refractivity contribution is -0.130. The number of anilines is 1. The Labute approximate surface area is 180 Å². The van der Waals surface area contributed by atoms with E-state index in [0.29, 0.717) is 25.3 Å². The van der Waals surface area contributed by atoms with E-state index in [1.165, 1.54) is 16.4 Å². The fourth-order valence-electron chi connectivity index (χ4n) is 4.08. The number of piperazine rings is 1. The molecule has 0 atom stereocenters. The Morgan fingerprint density at radius 1 is 1.00 bits per heavy atom. The molecule has 0 spiro atoms. The molecular weight excluding hydrogens is 429 g/mol. The maximum absolute atomic E-state index is 14.3. The Hall–Kier alpha value is -2.16. The van der Waals surface area contributed by atoms with Gasteiger partial charge in [0.2, 0.25) is 15.9 Å². The van der Waals surface area contributed by atoms with Crippen molar-refractivity contribution in [3.63, 3.8) is 0 Å². The number of amides is 1. The average molecular weight is 452 g/mol. The summed E-state index contributed by atoms with van der Waals surface area (Å²) >= 11 is 6.06. The number of halogens is 2. The molecule has 160 valence electrons. The van der Waals surface area contributed by atoms with Crippen LogP contribution in [0.1, 0.15) is 12.0 Å². The maximum Gasteiger partial charge on any atom is 0.244 e. The molecule has 0 saturated carbocycles. The molecule has 4 rings (SSSR count). The number of aryl methyl sites for hydroxylation is 1. The minimum Gasteiger partial charge on any atom is -0.360 e. The molecule has 6 nitrogen and oxygen atoms in total. The zero-order valence-electron chi connectivity index (χ0n) is 16.4. The molecule has 0 aliphatic carbocycles. The highest BCUT2D eigenvalue weighted by atomic mass is 35.5. The Bertz CT molecular complexity index is 1060. The van der Waals surface area contributed by atoms with Gasteiger partial charge in [0, 0.05) is 32.7 Å². The van der Waals surface area contributed by atoms with Crippen LogP contribution in [0.2, 0.25) is 5.02 Å². The van der Waals surface area contributed by atoms with Crippen LogP contribution in [0.15, 0.2) is 47.4 Å². The van der Waals surface area contributed by atoms with Crippen molar-refractivity contribution in [1.29, 1.82) is 0 Å². The number of para-hydroxylation sites is 1. The number of benzene rings is 2. The molecule has 0 radical (unpaired) electrons. The van der Waals surface area contributed by atoms with Crippen LogP contribution < -0.4 is 4.90 Å². The second-order valence-electron chi connectivity index (χ2n) is 7.49. The molecule has 2 aromatic carbocycles. The highest BCUT2D eigenvalue weighted by molar-refractivity contribution is 7.89. The van der Waals surface area contributed by atoms with Crippen LogP contribution in [0, 0.1) is 5.82 Å². The van der Waals surface area contributed by atoms with E-state index >= 15 is 0 Å². The summed E-state index contributed by atoms with van der Waals surface area (Å²) in [7, 11) is -3.71. The first kappa shape index (κ1) is 21.1. The average Bonchev–Trinajstić information content (AvgIpc) is 2.74. The van der Waals surface area contributed by atoms with Gasteiger partial charge in [-0.3, -0.25) is 4.79 Å². The minimum absolute atomic E-state index is 0.0758. The highest BCUT2D eigenvalue weighted by Gasteiger charge is 2.32. The van der Waals surface area contributed by atoms with Crippen molar-refractivity contribution in [3.8, 4) is 0 Å². The lowest BCUT2D eigenvalue weighted by Gasteiger charge is -2.37. The van der Waals surface area contributed by atoms with Gasteiger partial charge in [0.15, 0.2) is 0 Å². The molecule has 0 aromatic heterocycles. The number of rotatable bonds is 4. The van der Waals surface area contributed by atoms with Crippen molar-refractivity contribution in [2.45, 2.75) is 17.7 Å². The van der Waals surface area contributed by atoms with E-state index in [4.69, 9.17) is 11.6 Å². The first-order valence-corrected chi connectivity index (χ1v) is 11.7. The Morgan fingerprint density at radius 3 is 2.47 bits per heavy atom. The van der Waals surface area contributed by atoms with Crippen LogP contribution in [0.3, 0.4) is 0 Å². The SMILES string of the molecule is O=C(CN1CCCc2cccc(F)c21)N1CCN(S(=O)(=O)c2ccccc2Cl)CC1. The molecule has 0 unspecified atom stereocenters. The van der Waals surface area contributed by atoms with Gasteiger partial charge in [0.05, 0.1) is 17.3 Å². The Balaban J connectivity index is 1.41. The van der Waals surface area contributed by atoms with E-state index in [1.54, 1.807) is 34.1 Å². The third kappa shape index (κ3) is 4.04. The number of sulfonamides is 1. The first-order chi connectivity index (χ1) is 14.4. The second kappa shape index (κ2) is 8.53. The van der Waals surface area contributed by atoms with Gasteiger partial charge in [0.1, 0.15) is 10.7 Å². The van der Waals surface area contributed by atoms with Gasteiger partial charge in [-0.05, 0) is 36.6 Å². The molecule has 2 aromatic rings. The summed E-state index contributed by atoms with van der Waals surface area (Å²) in [6, 6.07) is 11.3.